The smallest absolute Gasteiger partial charge is 0.156 e. The fourth-order valence-corrected chi connectivity index (χ4v) is 2.73. The highest BCUT2D eigenvalue weighted by Gasteiger charge is 2.17. The van der Waals surface area contributed by atoms with Gasteiger partial charge in [0.15, 0.2) is 5.65 Å². The number of nitrogens with zero attached hydrogens (tertiary/aromatic N) is 2. The Kier molecular flexibility index (Phi) is 2.15. The second kappa shape index (κ2) is 3.39. The molecule has 0 atom stereocenters. The van der Waals surface area contributed by atoms with E-state index in [0.717, 1.165) is 18.5 Å². The van der Waals surface area contributed by atoms with Gasteiger partial charge in [0.05, 0.1) is 15.7 Å². The summed E-state index contributed by atoms with van der Waals surface area (Å²) in [5.41, 5.74) is 3.30. The van der Waals surface area contributed by atoms with Crippen molar-refractivity contribution in [2.45, 2.75) is 25.7 Å². The van der Waals surface area contributed by atoms with E-state index in [2.05, 4.69) is 4.98 Å². The summed E-state index contributed by atoms with van der Waals surface area (Å²) in [4.78, 5) is 4.57. The van der Waals surface area contributed by atoms with E-state index in [4.69, 9.17) is 23.2 Å². The zero-order chi connectivity index (χ0) is 10.4. The predicted molar refractivity (Wildman–Crippen MR) is 61.9 cm³/mol. The van der Waals surface area contributed by atoms with Crippen LogP contribution in [0.3, 0.4) is 0 Å². The number of aryl methyl sites for hydroxylation is 2. The zero-order valence-electron chi connectivity index (χ0n) is 8.13. The van der Waals surface area contributed by atoms with Crippen molar-refractivity contribution in [3.05, 3.63) is 33.7 Å². The van der Waals surface area contributed by atoms with Crippen molar-refractivity contribution >= 4 is 28.8 Å². The first-order valence-corrected chi connectivity index (χ1v) is 5.86. The average Bonchev–Trinajstić information content (AvgIpc) is 2.57. The summed E-state index contributed by atoms with van der Waals surface area (Å²) in [6, 6.07) is 1.75. The van der Waals surface area contributed by atoms with Crippen molar-refractivity contribution in [3.8, 4) is 0 Å². The molecule has 0 fully saturated rings. The highest BCUT2D eigenvalue weighted by Crippen LogP contribution is 2.28. The van der Waals surface area contributed by atoms with Crippen LogP contribution in [0.25, 0.3) is 5.65 Å². The third-order valence-electron chi connectivity index (χ3n) is 2.90. The molecular weight excluding hydrogens is 231 g/mol. The fraction of sp³-hybridized carbons (Fsp3) is 0.364. The molecule has 0 radical (unpaired) electrons. The van der Waals surface area contributed by atoms with E-state index in [0.29, 0.717) is 10.0 Å². The molecule has 2 aromatic heterocycles. The molecule has 0 spiro atoms. The quantitative estimate of drug-likeness (QED) is 0.689. The van der Waals surface area contributed by atoms with Crippen LogP contribution in [0.2, 0.25) is 10.0 Å². The Bertz CT molecular complexity index is 531. The van der Waals surface area contributed by atoms with Gasteiger partial charge in [0, 0.05) is 11.9 Å². The number of pyridine rings is 1. The molecule has 2 heterocycles. The number of hydrogen-bond donors (Lipinski definition) is 0. The number of rotatable bonds is 0. The van der Waals surface area contributed by atoms with Gasteiger partial charge in [-0.2, -0.15) is 0 Å². The van der Waals surface area contributed by atoms with Gasteiger partial charge in [0.1, 0.15) is 0 Å². The molecule has 1 aliphatic rings. The van der Waals surface area contributed by atoms with Crippen molar-refractivity contribution in [2.24, 2.45) is 0 Å². The van der Waals surface area contributed by atoms with Gasteiger partial charge in [-0.15, -0.1) is 0 Å². The zero-order valence-corrected chi connectivity index (χ0v) is 9.65. The van der Waals surface area contributed by atoms with Crippen LogP contribution in [-0.4, -0.2) is 9.38 Å². The SMILES string of the molecule is Clc1cc(Cl)c2nc3c(n2c1)CCCC3. The van der Waals surface area contributed by atoms with E-state index >= 15 is 0 Å². The van der Waals surface area contributed by atoms with Crippen molar-refractivity contribution in [1.29, 1.82) is 0 Å². The number of fused-ring (bicyclic) bond motifs is 3. The second-order valence-electron chi connectivity index (χ2n) is 3.91. The van der Waals surface area contributed by atoms with E-state index in [9.17, 15) is 0 Å². The van der Waals surface area contributed by atoms with E-state index in [1.807, 2.05) is 10.6 Å². The topological polar surface area (TPSA) is 17.3 Å². The number of halogens is 2. The van der Waals surface area contributed by atoms with E-state index < -0.39 is 0 Å². The third-order valence-corrected chi connectivity index (χ3v) is 3.39. The summed E-state index contributed by atoms with van der Waals surface area (Å²) in [5.74, 6) is 0. The Morgan fingerprint density at radius 2 is 2.00 bits per heavy atom. The van der Waals surface area contributed by atoms with Crippen LogP contribution in [0.15, 0.2) is 12.3 Å². The van der Waals surface area contributed by atoms with Crippen LogP contribution in [-0.2, 0) is 12.8 Å². The molecular formula is C11H10Cl2N2. The molecule has 0 aromatic carbocycles. The summed E-state index contributed by atoms with van der Waals surface area (Å²) >= 11 is 12.1. The first-order chi connectivity index (χ1) is 7.25. The molecule has 0 aliphatic heterocycles. The summed E-state index contributed by atoms with van der Waals surface area (Å²) in [5, 5.41) is 1.30. The van der Waals surface area contributed by atoms with E-state index in [1.54, 1.807) is 6.07 Å². The molecule has 15 heavy (non-hydrogen) atoms. The lowest BCUT2D eigenvalue weighted by Crippen LogP contribution is -2.03. The van der Waals surface area contributed by atoms with Crippen LogP contribution >= 0.6 is 23.2 Å². The third kappa shape index (κ3) is 1.44. The summed E-state index contributed by atoms with van der Waals surface area (Å²) in [7, 11) is 0. The minimum absolute atomic E-state index is 0.636. The molecule has 2 aromatic rings. The molecule has 0 bridgehead atoms. The average molecular weight is 241 g/mol. The Balaban J connectivity index is 2.37. The lowest BCUT2D eigenvalue weighted by molar-refractivity contribution is 0.660. The molecule has 78 valence electrons. The summed E-state index contributed by atoms with van der Waals surface area (Å²) < 4.78 is 2.04. The maximum atomic E-state index is 6.11. The molecule has 3 rings (SSSR count). The van der Waals surface area contributed by atoms with Crippen molar-refractivity contribution < 1.29 is 0 Å². The lowest BCUT2D eigenvalue weighted by Gasteiger charge is -2.10. The minimum atomic E-state index is 0.636. The van der Waals surface area contributed by atoms with Crippen molar-refractivity contribution in [1.82, 2.24) is 9.38 Å². The Morgan fingerprint density at radius 1 is 1.20 bits per heavy atom. The van der Waals surface area contributed by atoms with Crippen LogP contribution in [0.5, 0.6) is 0 Å². The normalized spacial score (nSPS) is 15.6. The highest BCUT2D eigenvalue weighted by atomic mass is 35.5. The van der Waals surface area contributed by atoms with Gasteiger partial charge in [-0.25, -0.2) is 4.98 Å². The van der Waals surface area contributed by atoms with Crippen LogP contribution in [0.4, 0.5) is 0 Å². The first kappa shape index (κ1) is 9.49. The summed E-state index contributed by atoms with van der Waals surface area (Å²) in [6.07, 6.45) is 6.49. The van der Waals surface area contributed by atoms with Crippen molar-refractivity contribution in [3.63, 3.8) is 0 Å². The molecule has 2 nitrogen and oxygen atoms in total. The number of aromatic nitrogens is 2. The van der Waals surface area contributed by atoms with Gasteiger partial charge >= 0.3 is 0 Å². The monoisotopic (exact) mass is 240 g/mol. The molecule has 1 aliphatic carbocycles. The highest BCUT2D eigenvalue weighted by molar-refractivity contribution is 6.36. The number of hydrogen-bond acceptors (Lipinski definition) is 1. The Labute approximate surface area is 97.8 Å². The molecule has 0 saturated heterocycles. The Hall–Kier alpha value is -0.730. The van der Waals surface area contributed by atoms with Gasteiger partial charge in [-0.05, 0) is 31.7 Å². The van der Waals surface area contributed by atoms with Gasteiger partial charge in [-0.1, -0.05) is 23.2 Å². The van der Waals surface area contributed by atoms with E-state index in [1.165, 1.54) is 24.2 Å². The van der Waals surface area contributed by atoms with Gasteiger partial charge < -0.3 is 4.40 Å². The fourth-order valence-electron chi connectivity index (χ4n) is 2.22. The maximum absolute atomic E-state index is 6.11. The second-order valence-corrected chi connectivity index (χ2v) is 4.76. The largest absolute Gasteiger partial charge is 0.301 e. The van der Waals surface area contributed by atoms with Crippen molar-refractivity contribution in [2.75, 3.05) is 0 Å². The minimum Gasteiger partial charge on any atom is -0.301 e. The van der Waals surface area contributed by atoms with Gasteiger partial charge in [0.25, 0.3) is 0 Å². The number of imidazole rings is 1. The molecule has 0 N–H and O–H groups in total. The van der Waals surface area contributed by atoms with E-state index in [-0.39, 0.29) is 0 Å². The van der Waals surface area contributed by atoms with Gasteiger partial charge in [-0.3, -0.25) is 0 Å². The van der Waals surface area contributed by atoms with Crippen LogP contribution in [0, 0.1) is 0 Å². The van der Waals surface area contributed by atoms with Gasteiger partial charge in [0.2, 0.25) is 0 Å². The molecule has 0 amide bonds. The molecule has 4 heteroatoms. The molecule has 0 saturated carbocycles. The van der Waals surface area contributed by atoms with Crippen LogP contribution < -0.4 is 0 Å². The lowest BCUT2D eigenvalue weighted by atomic mass is 10.0. The standard InChI is InChI=1S/C11H10Cl2N2/c12-7-5-8(13)11-14-9-3-1-2-4-10(9)15(11)6-7/h5-6H,1-4H2. The maximum Gasteiger partial charge on any atom is 0.156 e. The predicted octanol–water partition coefficient (Wildman–Crippen LogP) is 3.52. The molecule has 0 unspecified atom stereocenters. The van der Waals surface area contributed by atoms with Crippen LogP contribution in [0.1, 0.15) is 24.2 Å². The summed E-state index contributed by atoms with van der Waals surface area (Å²) in [6.45, 7) is 0. The Morgan fingerprint density at radius 3 is 2.87 bits per heavy atom. The first-order valence-electron chi connectivity index (χ1n) is 5.10.